The maximum absolute atomic E-state index is 9.04. The zero-order valence-corrected chi connectivity index (χ0v) is 7.96. The van der Waals surface area contributed by atoms with Crippen molar-refractivity contribution in [1.82, 2.24) is 0 Å². The van der Waals surface area contributed by atoms with Crippen LogP contribution in [0, 0.1) is 13.8 Å². The predicted octanol–water partition coefficient (Wildman–Crippen LogP) is 2.40. The molecule has 12 heavy (non-hydrogen) atoms. The van der Waals surface area contributed by atoms with Crippen molar-refractivity contribution in [1.29, 1.82) is 0 Å². The molecule has 0 aliphatic heterocycles. The summed E-state index contributed by atoms with van der Waals surface area (Å²) in [6.45, 7) is 6.46. The van der Waals surface area contributed by atoms with E-state index in [9.17, 15) is 0 Å². The average molecular weight is 164 g/mol. The molecule has 0 spiro atoms. The molecular weight excluding hydrogens is 148 g/mol. The van der Waals surface area contributed by atoms with Crippen molar-refractivity contribution in [3.8, 4) is 0 Å². The number of aliphatic hydroxyl groups excluding tert-OH is 1. The summed E-state index contributed by atoms with van der Waals surface area (Å²) in [5.74, 6) is 0.256. The molecule has 0 heterocycles. The van der Waals surface area contributed by atoms with E-state index in [0.717, 1.165) is 0 Å². The van der Waals surface area contributed by atoms with Gasteiger partial charge >= 0.3 is 0 Å². The molecule has 0 amide bonds. The quantitative estimate of drug-likeness (QED) is 0.711. The van der Waals surface area contributed by atoms with Gasteiger partial charge in [-0.25, -0.2) is 0 Å². The number of aliphatic hydroxyl groups is 1. The lowest BCUT2D eigenvalue weighted by molar-refractivity contribution is 0.272. The van der Waals surface area contributed by atoms with Gasteiger partial charge in [0.1, 0.15) is 0 Å². The van der Waals surface area contributed by atoms with Crippen LogP contribution in [0.3, 0.4) is 0 Å². The molecule has 0 fully saturated rings. The van der Waals surface area contributed by atoms with Crippen LogP contribution in [0.2, 0.25) is 0 Å². The summed E-state index contributed by atoms with van der Waals surface area (Å²) in [5.41, 5.74) is 3.84. The Labute approximate surface area is 74.1 Å². The summed E-state index contributed by atoms with van der Waals surface area (Å²) in [6, 6.07) is 6.24. The van der Waals surface area contributed by atoms with Crippen LogP contribution in [0.25, 0.3) is 0 Å². The van der Waals surface area contributed by atoms with Gasteiger partial charge in [-0.2, -0.15) is 0 Å². The Morgan fingerprint density at radius 1 is 1.25 bits per heavy atom. The monoisotopic (exact) mass is 164 g/mol. The molecule has 0 aliphatic rings. The van der Waals surface area contributed by atoms with Crippen LogP contribution in [0.4, 0.5) is 0 Å². The van der Waals surface area contributed by atoms with Crippen LogP contribution in [-0.4, -0.2) is 11.7 Å². The Morgan fingerprint density at radius 2 is 1.75 bits per heavy atom. The molecule has 1 aromatic carbocycles. The van der Waals surface area contributed by atoms with E-state index in [1.165, 1.54) is 16.7 Å². The van der Waals surface area contributed by atoms with Crippen LogP contribution < -0.4 is 0 Å². The molecule has 0 aromatic heterocycles. The SMILES string of the molecule is Cc1cccc(C)c1[C@@H](C)CO. The lowest BCUT2D eigenvalue weighted by Crippen LogP contribution is -2.03. The molecule has 1 rings (SSSR count). The van der Waals surface area contributed by atoms with Gasteiger partial charge in [-0.3, -0.25) is 0 Å². The Bertz CT molecular complexity index is 245. The van der Waals surface area contributed by atoms with Crippen LogP contribution >= 0.6 is 0 Å². The first kappa shape index (κ1) is 9.27. The zero-order chi connectivity index (χ0) is 9.14. The van der Waals surface area contributed by atoms with E-state index >= 15 is 0 Å². The number of rotatable bonds is 2. The summed E-state index contributed by atoms with van der Waals surface area (Å²) in [7, 11) is 0. The first-order valence-electron chi connectivity index (χ1n) is 4.33. The van der Waals surface area contributed by atoms with Crippen LogP contribution in [-0.2, 0) is 0 Å². The van der Waals surface area contributed by atoms with E-state index in [1.54, 1.807) is 0 Å². The van der Waals surface area contributed by atoms with E-state index in [2.05, 4.69) is 39.0 Å². The van der Waals surface area contributed by atoms with Crippen molar-refractivity contribution in [3.63, 3.8) is 0 Å². The minimum Gasteiger partial charge on any atom is -0.396 e. The minimum absolute atomic E-state index is 0.228. The highest BCUT2D eigenvalue weighted by Crippen LogP contribution is 2.22. The van der Waals surface area contributed by atoms with Gasteiger partial charge in [0.15, 0.2) is 0 Å². The third kappa shape index (κ3) is 1.67. The maximum atomic E-state index is 9.04. The standard InChI is InChI=1S/C11H16O/c1-8-5-4-6-9(2)11(8)10(3)7-12/h4-6,10,12H,7H2,1-3H3/t10-/m0/s1. The van der Waals surface area contributed by atoms with E-state index in [4.69, 9.17) is 5.11 Å². The summed E-state index contributed by atoms with van der Waals surface area (Å²) in [6.07, 6.45) is 0. The van der Waals surface area contributed by atoms with E-state index in [0.29, 0.717) is 0 Å². The zero-order valence-electron chi connectivity index (χ0n) is 7.96. The Balaban J connectivity index is 3.12. The topological polar surface area (TPSA) is 20.2 Å². The molecule has 0 saturated carbocycles. The highest BCUT2D eigenvalue weighted by Gasteiger charge is 2.08. The smallest absolute Gasteiger partial charge is 0.0497 e. The van der Waals surface area contributed by atoms with Crippen molar-refractivity contribution >= 4 is 0 Å². The fourth-order valence-corrected chi connectivity index (χ4v) is 1.70. The highest BCUT2D eigenvalue weighted by atomic mass is 16.3. The van der Waals surface area contributed by atoms with E-state index in [1.807, 2.05) is 0 Å². The van der Waals surface area contributed by atoms with Gasteiger partial charge < -0.3 is 5.11 Å². The van der Waals surface area contributed by atoms with Gasteiger partial charge in [0.2, 0.25) is 0 Å². The lowest BCUT2D eigenvalue weighted by Gasteiger charge is -2.14. The van der Waals surface area contributed by atoms with E-state index < -0.39 is 0 Å². The summed E-state index contributed by atoms with van der Waals surface area (Å²) >= 11 is 0. The van der Waals surface area contributed by atoms with Crippen molar-refractivity contribution < 1.29 is 5.11 Å². The molecule has 1 aromatic rings. The Morgan fingerprint density at radius 3 is 2.17 bits per heavy atom. The molecule has 1 heteroatoms. The molecule has 0 aliphatic carbocycles. The lowest BCUT2D eigenvalue weighted by atomic mass is 9.93. The Hall–Kier alpha value is -0.820. The average Bonchev–Trinajstić information content (AvgIpc) is 2.03. The molecule has 1 N–H and O–H groups in total. The second kappa shape index (κ2) is 3.72. The van der Waals surface area contributed by atoms with Gasteiger partial charge in [0, 0.05) is 12.5 Å². The number of aryl methyl sites for hydroxylation is 2. The number of hydrogen-bond acceptors (Lipinski definition) is 1. The molecule has 0 saturated heterocycles. The number of benzene rings is 1. The normalized spacial score (nSPS) is 13.0. The Kier molecular flexibility index (Phi) is 2.88. The summed E-state index contributed by atoms with van der Waals surface area (Å²) < 4.78 is 0. The molecular formula is C11H16O. The van der Waals surface area contributed by atoms with Gasteiger partial charge in [0.25, 0.3) is 0 Å². The van der Waals surface area contributed by atoms with Gasteiger partial charge in [0.05, 0.1) is 0 Å². The molecule has 66 valence electrons. The summed E-state index contributed by atoms with van der Waals surface area (Å²) in [5, 5.41) is 9.04. The largest absolute Gasteiger partial charge is 0.396 e. The first-order valence-corrected chi connectivity index (χ1v) is 4.33. The van der Waals surface area contributed by atoms with E-state index in [-0.39, 0.29) is 12.5 Å². The second-order valence-electron chi connectivity index (χ2n) is 3.39. The van der Waals surface area contributed by atoms with Gasteiger partial charge in [-0.15, -0.1) is 0 Å². The third-order valence-corrected chi connectivity index (χ3v) is 2.31. The first-order chi connectivity index (χ1) is 5.66. The van der Waals surface area contributed by atoms with Gasteiger partial charge in [-0.1, -0.05) is 25.1 Å². The molecule has 1 atom stereocenters. The van der Waals surface area contributed by atoms with Crippen LogP contribution in [0.15, 0.2) is 18.2 Å². The van der Waals surface area contributed by atoms with Crippen molar-refractivity contribution in [2.75, 3.05) is 6.61 Å². The minimum atomic E-state index is 0.228. The summed E-state index contributed by atoms with van der Waals surface area (Å²) in [4.78, 5) is 0. The van der Waals surface area contributed by atoms with Crippen LogP contribution in [0.1, 0.15) is 29.5 Å². The molecule has 0 unspecified atom stereocenters. The fraction of sp³-hybridized carbons (Fsp3) is 0.455. The second-order valence-corrected chi connectivity index (χ2v) is 3.39. The predicted molar refractivity (Wildman–Crippen MR) is 51.4 cm³/mol. The molecule has 0 bridgehead atoms. The third-order valence-electron chi connectivity index (χ3n) is 2.31. The number of hydrogen-bond donors (Lipinski definition) is 1. The van der Waals surface area contributed by atoms with Crippen LogP contribution in [0.5, 0.6) is 0 Å². The fourth-order valence-electron chi connectivity index (χ4n) is 1.70. The molecule has 1 nitrogen and oxygen atoms in total. The van der Waals surface area contributed by atoms with Crippen molar-refractivity contribution in [3.05, 3.63) is 34.9 Å². The van der Waals surface area contributed by atoms with Crippen molar-refractivity contribution in [2.24, 2.45) is 0 Å². The molecule has 0 radical (unpaired) electrons. The van der Waals surface area contributed by atoms with Gasteiger partial charge in [-0.05, 0) is 30.5 Å². The highest BCUT2D eigenvalue weighted by molar-refractivity contribution is 5.36. The maximum Gasteiger partial charge on any atom is 0.0497 e. The van der Waals surface area contributed by atoms with Crippen molar-refractivity contribution in [2.45, 2.75) is 26.7 Å².